The molecule has 0 saturated carbocycles. The van der Waals surface area contributed by atoms with Crippen molar-refractivity contribution in [1.29, 1.82) is 0 Å². The zero-order chi connectivity index (χ0) is 10.7. The molecule has 0 atom stereocenters. The molecule has 1 aromatic rings. The van der Waals surface area contributed by atoms with Crippen LogP contribution in [0.2, 0.25) is 0 Å². The molecule has 0 aromatic carbocycles. The van der Waals surface area contributed by atoms with E-state index in [4.69, 9.17) is 0 Å². The molecule has 0 amide bonds. The monoisotopic (exact) mass is 193 g/mol. The summed E-state index contributed by atoms with van der Waals surface area (Å²) in [6.45, 7) is 6.17. The van der Waals surface area contributed by atoms with E-state index in [0.29, 0.717) is 11.6 Å². The first-order valence-corrected chi connectivity index (χ1v) is 4.61. The minimum absolute atomic E-state index is 0.370. The van der Waals surface area contributed by atoms with E-state index in [1.165, 1.54) is 7.11 Å². The lowest BCUT2D eigenvalue weighted by Gasteiger charge is -2.09. The lowest BCUT2D eigenvalue weighted by Crippen LogP contribution is -2.06. The molecule has 0 radical (unpaired) electrons. The van der Waals surface area contributed by atoms with Gasteiger partial charge in [-0.15, -0.1) is 0 Å². The Morgan fingerprint density at radius 3 is 2.57 bits per heavy atom. The first kappa shape index (κ1) is 10.7. The van der Waals surface area contributed by atoms with Gasteiger partial charge in [-0.3, -0.25) is 0 Å². The summed E-state index contributed by atoms with van der Waals surface area (Å²) in [6, 6.07) is 1.77. The molecular formula is C11H15NO2. The Morgan fingerprint density at radius 2 is 2.14 bits per heavy atom. The van der Waals surface area contributed by atoms with E-state index in [2.05, 4.69) is 23.6 Å². The van der Waals surface area contributed by atoms with Crippen LogP contribution in [0.15, 0.2) is 12.3 Å². The smallest absolute Gasteiger partial charge is 0.356 e. The Kier molecular flexibility index (Phi) is 3.23. The van der Waals surface area contributed by atoms with Gasteiger partial charge in [0.1, 0.15) is 5.69 Å². The number of carbonyl (C=O) groups is 1. The summed E-state index contributed by atoms with van der Waals surface area (Å²) in [4.78, 5) is 15.2. The van der Waals surface area contributed by atoms with Crippen molar-refractivity contribution in [2.45, 2.75) is 26.7 Å². The number of pyridine rings is 1. The van der Waals surface area contributed by atoms with Gasteiger partial charge >= 0.3 is 5.97 Å². The van der Waals surface area contributed by atoms with Gasteiger partial charge in [-0.2, -0.15) is 0 Å². The fourth-order valence-corrected chi connectivity index (χ4v) is 1.39. The summed E-state index contributed by atoms with van der Waals surface area (Å²) in [6.07, 6.45) is 1.74. The van der Waals surface area contributed by atoms with Gasteiger partial charge in [0, 0.05) is 6.20 Å². The van der Waals surface area contributed by atoms with Crippen LogP contribution in [-0.4, -0.2) is 18.1 Å². The SMILES string of the molecule is COC(=O)c1cc(C)c(C(C)C)cn1. The van der Waals surface area contributed by atoms with Crippen LogP contribution in [0.25, 0.3) is 0 Å². The van der Waals surface area contributed by atoms with Crippen molar-refractivity contribution in [3.8, 4) is 0 Å². The van der Waals surface area contributed by atoms with E-state index < -0.39 is 0 Å². The van der Waals surface area contributed by atoms with Crippen LogP contribution in [0, 0.1) is 6.92 Å². The van der Waals surface area contributed by atoms with Gasteiger partial charge in [0.25, 0.3) is 0 Å². The van der Waals surface area contributed by atoms with Crippen molar-refractivity contribution in [1.82, 2.24) is 4.98 Å². The number of rotatable bonds is 2. The van der Waals surface area contributed by atoms with Gasteiger partial charge in [-0.1, -0.05) is 13.8 Å². The second-order valence-electron chi connectivity index (χ2n) is 3.57. The van der Waals surface area contributed by atoms with E-state index in [9.17, 15) is 4.79 Å². The zero-order valence-corrected chi connectivity index (χ0v) is 9.00. The van der Waals surface area contributed by atoms with E-state index in [0.717, 1.165) is 11.1 Å². The Balaban J connectivity index is 3.06. The van der Waals surface area contributed by atoms with Crippen molar-refractivity contribution in [3.05, 3.63) is 29.1 Å². The molecule has 0 N–H and O–H groups in total. The number of hydrogen-bond donors (Lipinski definition) is 0. The number of ether oxygens (including phenoxy) is 1. The summed E-state index contributed by atoms with van der Waals surface area (Å²) in [5, 5.41) is 0. The van der Waals surface area contributed by atoms with Crippen LogP contribution in [0.1, 0.15) is 41.4 Å². The first-order chi connectivity index (χ1) is 6.56. The summed E-state index contributed by atoms with van der Waals surface area (Å²) in [5.41, 5.74) is 2.61. The van der Waals surface area contributed by atoms with Gasteiger partial charge in [0.15, 0.2) is 0 Å². The summed E-state index contributed by atoms with van der Waals surface area (Å²) >= 11 is 0. The fraction of sp³-hybridized carbons (Fsp3) is 0.455. The highest BCUT2D eigenvalue weighted by atomic mass is 16.5. The van der Waals surface area contributed by atoms with Crippen LogP contribution >= 0.6 is 0 Å². The predicted octanol–water partition coefficient (Wildman–Crippen LogP) is 2.30. The molecule has 0 unspecified atom stereocenters. The average molecular weight is 193 g/mol. The minimum atomic E-state index is -0.386. The fourth-order valence-electron chi connectivity index (χ4n) is 1.39. The number of aromatic nitrogens is 1. The third kappa shape index (κ3) is 2.10. The molecule has 1 heterocycles. The molecule has 3 nitrogen and oxygen atoms in total. The highest BCUT2D eigenvalue weighted by Gasteiger charge is 2.10. The van der Waals surface area contributed by atoms with Crippen molar-refractivity contribution < 1.29 is 9.53 Å². The maximum atomic E-state index is 11.2. The van der Waals surface area contributed by atoms with Crippen molar-refractivity contribution in [2.75, 3.05) is 7.11 Å². The zero-order valence-electron chi connectivity index (χ0n) is 9.00. The lowest BCUT2D eigenvalue weighted by atomic mass is 10.00. The summed E-state index contributed by atoms with van der Waals surface area (Å²) in [7, 11) is 1.36. The van der Waals surface area contributed by atoms with Crippen molar-refractivity contribution in [3.63, 3.8) is 0 Å². The summed E-state index contributed by atoms with van der Waals surface area (Å²) in [5.74, 6) is 0.0394. The number of hydrogen-bond acceptors (Lipinski definition) is 3. The van der Waals surface area contributed by atoms with Crippen LogP contribution in [0.3, 0.4) is 0 Å². The molecule has 76 valence electrons. The van der Waals surface area contributed by atoms with Gasteiger partial charge in [-0.05, 0) is 30.0 Å². The number of aryl methyl sites for hydroxylation is 1. The molecule has 0 fully saturated rings. The Morgan fingerprint density at radius 1 is 1.50 bits per heavy atom. The van der Waals surface area contributed by atoms with E-state index in [1.807, 2.05) is 6.92 Å². The Labute approximate surface area is 84.1 Å². The van der Waals surface area contributed by atoms with Crippen molar-refractivity contribution in [2.24, 2.45) is 0 Å². The normalized spacial score (nSPS) is 10.4. The van der Waals surface area contributed by atoms with Crippen LogP contribution in [0.4, 0.5) is 0 Å². The lowest BCUT2D eigenvalue weighted by molar-refractivity contribution is 0.0594. The van der Waals surface area contributed by atoms with Crippen molar-refractivity contribution >= 4 is 5.97 Å². The summed E-state index contributed by atoms with van der Waals surface area (Å²) < 4.78 is 4.59. The third-order valence-electron chi connectivity index (χ3n) is 2.17. The molecule has 3 heteroatoms. The van der Waals surface area contributed by atoms with E-state index in [-0.39, 0.29) is 5.97 Å². The maximum absolute atomic E-state index is 11.2. The molecule has 1 aromatic heterocycles. The third-order valence-corrected chi connectivity index (χ3v) is 2.17. The van der Waals surface area contributed by atoms with E-state index in [1.54, 1.807) is 12.3 Å². The van der Waals surface area contributed by atoms with E-state index >= 15 is 0 Å². The number of carbonyl (C=O) groups excluding carboxylic acids is 1. The molecule has 0 saturated heterocycles. The van der Waals surface area contributed by atoms with Gasteiger partial charge < -0.3 is 4.74 Å². The predicted molar refractivity (Wildman–Crippen MR) is 54.4 cm³/mol. The van der Waals surface area contributed by atoms with Crippen LogP contribution < -0.4 is 0 Å². The first-order valence-electron chi connectivity index (χ1n) is 4.61. The highest BCUT2D eigenvalue weighted by Crippen LogP contribution is 2.18. The highest BCUT2D eigenvalue weighted by molar-refractivity contribution is 5.87. The topological polar surface area (TPSA) is 39.2 Å². The second kappa shape index (κ2) is 4.22. The van der Waals surface area contributed by atoms with Crippen LogP contribution in [0.5, 0.6) is 0 Å². The Hall–Kier alpha value is -1.38. The molecule has 0 spiro atoms. The molecule has 0 bridgehead atoms. The molecule has 0 aliphatic carbocycles. The standard InChI is InChI=1S/C11H15NO2/c1-7(2)9-6-12-10(5-8(9)3)11(13)14-4/h5-7H,1-4H3. The molecule has 1 rings (SSSR count). The number of esters is 1. The minimum Gasteiger partial charge on any atom is -0.464 e. The molecule has 0 aliphatic heterocycles. The quantitative estimate of drug-likeness (QED) is 0.676. The number of methoxy groups -OCH3 is 1. The number of nitrogens with zero attached hydrogens (tertiary/aromatic N) is 1. The van der Waals surface area contributed by atoms with Gasteiger partial charge in [-0.25, -0.2) is 9.78 Å². The van der Waals surface area contributed by atoms with Crippen LogP contribution in [-0.2, 0) is 4.74 Å². The molecule has 0 aliphatic rings. The Bertz CT molecular complexity index is 345. The largest absolute Gasteiger partial charge is 0.464 e. The maximum Gasteiger partial charge on any atom is 0.356 e. The molecular weight excluding hydrogens is 178 g/mol. The average Bonchev–Trinajstić information content (AvgIpc) is 2.15. The second-order valence-corrected chi connectivity index (χ2v) is 3.57. The van der Waals surface area contributed by atoms with Gasteiger partial charge in [0.05, 0.1) is 7.11 Å². The molecule has 14 heavy (non-hydrogen) atoms. The van der Waals surface area contributed by atoms with Gasteiger partial charge in [0.2, 0.25) is 0 Å².